The number of Topliss-reactive ketones (excluding diaryl/α,β-unsaturated/α-hetero) is 1. The molecule has 0 atom stereocenters. The van der Waals surface area contributed by atoms with E-state index in [1.54, 1.807) is 0 Å². The van der Waals surface area contributed by atoms with Gasteiger partial charge in [-0.25, -0.2) is 0 Å². The number of hydrogen-bond donors (Lipinski definition) is 0. The Morgan fingerprint density at radius 2 is 1.67 bits per heavy atom. The highest BCUT2D eigenvalue weighted by molar-refractivity contribution is 5.79. The quantitative estimate of drug-likeness (QED) is 0.307. The second-order valence-electron chi connectivity index (χ2n) is 4.95. The van der Waals surface area contributed by atoms with Crippen LogP contribution < -0.4 is 0 Å². The molecule has 0 fully saturated rings. The molecule has 0 aliphatic heterocycles. The highest BCUT2D eigenvalue weighted by atomic mass is 16.1. The molecular formula is C17H30O. The van der Waals surface area contributed by atoms with Gasteiger partial charge in [0.05, 0.1) is 0 Å². The molecular weight excluding hydrogens is 220 g/mol. The third-order valence-electron chi connectivity index (χ3n) is 3.10. The molecule has 0 aromatic heterocycles. The molecule has 0 saturated carbocycles. The van der Waals surface area contributed by atoms with Crippen LogP contribution in [0.25, 0.3) is 0 Å². The zero-order valence-corrected chi connectivity index (χ0v) is 12.1. The van der Waals surface area contributed by atoms with Gasteiger partial charge in [0, 0.05) is 12.8 Å². The van der Waals surface area contributed by atoms with E-state index in [-0.39, 0.29) is 0 Å². The summed E-state index contributed by atoms with van der Waals surface area (Å²) in [5, 5.41) is 0. The third kappa shape index (κ3) is 13.2. The predicted octanol–water partition coefficient (Wildman–Crippen LogP) is 5.61. The number of allylic oxidation sites excluding steroid dienone is 3. The van der Waals surface area contributed by atoms with Crippen LogP contribution in [0, 0.1) is 0 Å². The van der Waals surface area contributed by atoms with E-state index in [9.17, 15) is 4.79 Å². The fraction of sp³-hybridized carbons (Fsp3) is 0.706. The van der Waals surface area contributed by atoms with Crippen LogP contribution in [0.1, 0.15) is 77.6 Å². The Kier molecular flexibility index (Phi) is 13.5. The van der Waals surface area contributed by atoms with E-state index in [0.717, 1.165) is 25.7 Å². The summed E-state index contributed by atoms with van der Waals surface area (Å²) in [6.45, 7) is 5.91. The van der Waals surface area contributed by atoms with Crippen LogP contribution in [0.4, 0.5) is 0 Å². The van der Waals surface area contributed by atoms with Gasteiger partial charge in [0.1, 0.15) is 5.78 Å². The number of ketones is 1. The minimum atomic E-state index is 0.397. The van der Waals surface area contributed by atoms with Gasteiger partial charge < -0.3 is 0 Å². The number of hydrogen-bond acceptors (Lipinski definition) is 1. The molecule has 0 N–H and O–H groups in total. The van der Waals surface area contributed by atoms with Crippen molar-refractivity contribution in [2.24, 2.45) is 0 Å². The first-order valence-corrected chi connectivity index (χ1v) is 7.58. The van der Waals surface area contributed by atoms with E-state index in [1.165, 1.54) is 38.5 Å². The lowest BCUT2D eigenvalue weighted by Crippen LogP contribution is -1.95. The Bertz CT molecular complexity index is 228. The fourth-order valence-corrected chi connectivity index (χ4v) is 1.91. The number of carbonyl (C=O) groups is 1. The average molecular weight is 250 g/mol. The van der Waals surface area contributed by atoms with Gasteiger partial charge >= 0.3 is 0 Å². The second-order valence-corrected chi connectivity index (χ2v) is 4.95. The molecule has 0 aliphatic rings. The first-order chi connectivity index (χ1) is 8.81. The van der Waals surface area contributed by atoms with Gasteiger partial charge in [-0.05, 0) is 32.1 Å². The molecule has 0 heterocycles. The molecule has 0 rings (SSSR count). The largest absolute Gasteiger partial charge is 0.299 e. The summed E-state index contributed by atoms with van der Waals surface area (Å²) >= 11 is 0. The van der Waals surface area contributed by atoms with Gasteiger partial charge in [-0.2, -0.15) is 0 Å². The van der Waals surface area contributed by atoms with Crippen LogP contribution in [0.2, 0.25) is 0 Å². The summed E-state index contributed by atoms with van der Waals surface area (Å²) in [6.07, 6.45) is 18.3. The fourth-order valence-electron chi connectivity index (χ4n) is 1.91. The van der Waals surface area contributed by atoms with Crippen LogP contribution in [0.5, 0.6) is 0 Å². The van der Waals surface area contributed by atoms with Crippen molar-refractivity contribution in [1.82, 2.24) is 0 Å². The first kappa shape index (κ1) is 17.2. The second kappa shape index (κ2) is 14.2. The van der Waals surface area contributed by atoms with E-state index in [1.807, 2.05) is 6.08 Å². The molecule has 0 spiro atoms. The average Bonchev–Trinajstić information content (AvgIpc) is 2.38. The lowest BCUT2D eigenvalue weighted by atomic mass is 10.1. The van der Waals surface area contributed by atoms with Gasteiger partial charge in [-0.3, -0.25) is 4.79 Å². The highest BCUT2D eigenvalue weighted by Crippen LogP contribution is 2.06. The van der Waals surface area contributed by atoms with Gasteiger partial charge in [0.25, 0.3) is 0 Å². The number of unbranched alkanes of at least 4 members (excludes halogenated alkanes) is 7. The zero-order valence-electron chi connectivity index (χ0n) is 12.1. The minimum absolute atomic E-state index is 0.397. The Labute approximate surface area is 113 Å². The topological polar surface area (TPSA) is 17.1 Å². The third-order valence-corrected chi connectivity index (χ3v) is 3.10. The summed E-state index contributed by atoms with van der Waals surface area (Å²) < 4.78 is 0. The summed E-state index contributed by atoms with van der Waals surface area (Å²) in [4.78, 5) is 11.5. The molecule has 18 heavy (non-hydrogen) atoms. The maximum atomic E-state index is 11.5. The molecule has 1 nitrogen and oxygen atoms in total. The van der Waals surface area contributed by atoms with Crippen molar-refractivity contribution in [1.29, 1.82) is 0 Å². The molecule has 104 valence electrons. The minimum Gasteiger partial charge on any atom is -0.299 e. The molecule has 0 aromatic rings. The summed E-state index contributed by atoms with van der Waals surface area (Å²) in [7, 11) is 0. The van der Waals surface area contributed by atoms with Gasteiger partial charge in [-0.15, -0.1) is 6.58 Å². The highest BCUT2D eigenvalue weighted by Gasteiger charge is 1.98. The van der Waals surface area contributed by atoms with Crippen LogP contribution in [-0.2, 0) is 4.79 Å². The Hall–Kier alpha value is -0.850. The van der Waals surface area contributed by atoms with Crippen molar-refractivity contribution in [3.8, 4) is 0 Å². The molecule has 0 aromatic carbocycles. The van der Waals surface area contributed by atoms with E-state index >= 15 is 0 Å². The van der Waals surface area contributed by atoms with E-state index in [2.05, 4.69) is 25.7 Å². The number of carbonyl (C=O) groups excluding carboxylic acids is 1. The Morgan fingerprint density at radius 1 is 0.944 bits per heavy atom. The molecule has 0 bridgehead atoms. The zero-order chi connectivity index (χ0) is 13.5. The van der Waals surface area contributed by atoms with Crippen molar-refractivity contribution in [2.75, 3.05) is 0 Å². The SMILES string of the molecule is C=CCCCCC/C=C\CC(=O)CCCCCC. The molecule has 0 saturated heterocycles. The maximum absolute atomic E-state index is 11.5. The van der Waals surface area contributed by atoms with Gasteiger partial charge in [0.15, 0.2) is 0 Å². The molecule has 0 radical (unpaired) electrons. The van der Waals surface area contributed by atoms with Gasteiger partial charge in [-0.1, -0.05) is 50.8 Å². The lowest BCUT2D eigenvalue weighted by molar-refractivity contribution is -0.118. The van der Waals surface area contributed by atoms with Crippen LogP contribution in [0.15, 0.2) is 24.8 Å². The summed E-state index contributed by atoms with van der Waals surface area (Å²) in [6, 6.07) is 0. The van der Waals surface area contributed by atoms with Crippen LogP contribution in [-0.4, -0.2) is 5.78 Å². The molecule has 1 heteroatoms. The normalized spacial score (nSPS) is 10.9. The van der Waals surface area contributed by atoms with Crippen molar-refractivity contribution in [2.45, 2.75) is 77.6 Å². The van der Waals surface area contributed by atoms with E-state index in [4.69, 9.17) is 0 Å². The smallest absolute Gasteiger partial charge is 0.136 e. The molecule has 0 aliphatic carbocycles. The van der Waals surface area contributed by atoms with Crippen molar-refractivity contribution in [3.05, 3.63) is 24.8 Å². The maximum Gasteiger partial charge on any atom is 0.136 e. The monoisotopic (exact) mass is 250 g/mol. The lowest BCUT2D eigenvalue weighted by Gasteiger charge is -1.98. The molecule has 0 unspecified atom stereocenters. The molecule has 0 amide bonds. The van der Waals surface area contributed by atoms with Crippen LogP contribution >= 0.6 is 0 Å². The van der Waals surface area contributed by atoms with E-state index in [0.29, 0.717) is 12.2 Å². The van der Waals surface area contributed by atoms with E-state index < -0.39 is 0 Å². The van der Waals surface area contributed by atoms with Crippen molar-refractivity contribution < 1.29 is 4.79 Å². The first-order valence-electron chi connectivity index (χ1n) is 7.58. The predicted molar refractivity (Wildman–Crippen MR) is 80.8 cm³/mol. The van der Waals surface area contributed by atoms with Crippen molar-refractivity contribution >= 4 is 5.78 Å². The van der Waals surface area contributed by atoms with Crippen LogP contribution in [0.3, 0.4) is 0 Å². The van der Waals surface area contributed by atoms with Gasteiger partial charge in [0.2, 0.25) is 0 Å². The Morgan fingerprint density at radius 3 is 2.39 bits per heavy atom. The summed E-state index contributed by atoms with van der Waals surface area (Å²) in [5.41, 5.74) is 0. The van der Waals surface area contributed by atoms with Crippen molar-refractivity contribution in [3.63, 3.8) is 0 Å². The standard InChI is InChI=1S/C17H30O/c1-3-5-7-9-10-11-12-14-16-17(18)15-13-8-6-4-2/h3,12,14H,1,4-11,13,15-16H2,2H3/b14-12-. The number of rotatable bonds is 13. The Balaban J connectivity index is 3.29. The summed E-state index contributed by atoms with van der Waals surface area (Å²) in [5.74, 6) is 0.397.